The summed E-state index contributed by atoms with van der Waals surface area (Å²) in [7, 11) is 0. The molecule has 1 aromatic carbocycles. The van der Waals surface area contributed by atoms with E-state index in [-0.39, 0.29) is 24.8 Å². The third-order valence-corrected chi connectivity index (χ3v) is 3.72. The van der Waals surface area contributed by atoms with E-state index in [1.165, 1.54) is 0 Å². The van der Waals surface area contributed by atoms with Crippen LogP contribution in [0, 0.1) is 6.57 Å². The van der Waals surface area contributed by atoms with Crippen LogP contribution in [-0.4, -0.2) is 43.6 Å². The number of rotatable bonds is 6. The molecule has 3 amide bonds. The van der Waals surface area contributed by atoms with Crippen LogP contribution in [0.2, 0.25) is 0 Å². The summed E-state index contributed by atoms with van der Waals surface area (Å²) in [5.74, 6) is -0.579. The highest BCUT2D eigenvalue weighted by Crippen LogP contribution is 2.24. The number of urea groups is 1. The van der Waals surface area contributed by atoms with Gasteiger partial charge in [0.25, 0.3) is 0 Å². The van der Waals surface area contributed by atoms with Crippen LogP contribution in [0.4, 0.5) is 16.2 Å². The van der Waals surface area contributed by atoms with Gasteiger partial charge in [0.1, 0.15) is 6.04 Å². The molecule has 1 fully saturated rings. The molecule has 1 aliphatic rings. The Hall–Kier alpha value is -3.08. The minimum atomic E-state index is -0.608. The Labute approximate surface area is 146 Å². The monoisotopic (exact) mass is 344 g/mol. The summed E-state index contributed by atoms with van der Waals surface area (Å²) in [6.07, 6.45) is 0.577. The van der Waals surface area contributed by atoms with Crippen LogP contribution in [0.3, 0.4) is 0 Å². The molecule has 0 aliphatic carbocycles. The maximum Gasteiger partial charge on any atom is 0.315 e. The van der Waals surface area contributed by atoms with E-state index >= 15 is 0 Å². The number of benzene rings is 1. The maximum absolute atomic E-state index is 12.4. The summed E-state index contributed by atoms with van der Waals surface area (Å²) in [6.45, 7) is 9.59. The Balaban J connectivity index is 1.82. The number of carbonyl (C=O) groups is 3. The van der Waals surface area contributed by atoms with Gasteiger partial charge in [0.05, 0.1) is 19.6 Å². The molecule has 0 saturated carbocycles. The normalized spacial score (nSPS) is 16.2. The second-order valence-electron chi connectivity index (χ2n) is 5.41. The number of nitrogens with zero attached hydrogens (tertiary/aromatic N) is 2. The smallest absolute Gasteiger partial charge is 0.315 e. The van der Waals surface area contributed by atoms with Crippen LogP contribution in [-0.2, 0) is 14.3 Å². The molecule has 1 saturated heterocycles. The second kappa shape index (κ2) is 8.68. The molecule has 2 N–H and O–H groups in total. The minimum Gasteiger partial charge on any atom is -0.466 e. The van der Waals surface area contributed by atoms with Crippen molar-refractivity contribution < 1.29 is 19.1 Å². The van der Waals surface area contributed by atoms with Crippen LogP contribution in [0.1, 0.15) is 19.8 Å². The van der Waals surface area contributed by atoms with Crippen LogP contribution in [0.25, 0.3) is 4.85 Å². The first kappa shape index (κ1) is 18.3. The van der Waals surface area contributed by atoms with Gasteiger partial charge in [-0.15, -0.1) is 0 Å². The fraction of sp³-hybridized carbons (Fsp3) is 0.412. The van der Waals surface area contributed by atoms with Crippen LogP contribution in [0.15, 0.2) is 24.3 Å². The molecule has 1 heterocycles. The van der Waals surface area contributed by atoms with Crippen molar-refractivity contribution in [3.05, 3.63) is 35.7 Å². The van der Waals surface area contributed by atoms with E-state index < -0.39 is 12.1 Å². The first-order chi connectivity index (χ1) is 12.0. The van der Waals surface area contributed by atoms with Gasteiger partial charge < -0.3 is 20.3 Å². The lowest BCUT2D eigenvalue weighted by molar-refractivity contribution is -0.142. The van der Waals surface area contributed by atoms with E-state index in [1.807, 2.05) is 0 Å². The van der Waals surface area contributed by atoms with Crippen molar-refractivity contribution in [2.45, 2.75) is 25.8 Å². The molecule has 2 rings (SSSR count). The Morgan fingerprint density at radius 2 is 2.08 bits per heavy atom. The molecule has 0 bridgehead atoms. The van der Waals surface area contributed by atoms with Crippen molar-refractivity contribution >= 4 is 29.3 Å². The zero-order valence-corrected chi connectivity index (χ0v) is 13.9. The molecule has 8 heteroatoms. The van der Waals surface area contributed by atoms with Crippen molar-refractivity contribution in [2.24, 2.45) is 0 Å². The molecular formula is C17H20N4O4. The summed E-state index contributed by atoms with van der Waals surface area (Å²) < 4.78 is 4.76. The molecule has 0 radical (unpaired) electrons. The minimum absolute atomic E-state index is 0.0827. The SMILES string of the molecule is [C-]#[N+]c1ccc(N2CCC(NC(=O)NCCC(=O)OCC)C2=O)cc1. The summed E-state index contributed by atoms with van der Waals surface area (Å²) in [5, 5.41) is 5.15. The van der Waals surface area contributed by atoms with Crippen molar-refractivity contribution in [3.8, 4) is 0 Å². The molecule has 1 atom stereocenters. The van der Waals surface area contributed by atoms with Gasteiger partial charge in [-0.2, -0.15) is 0 Å². The largest absolute Gasteiger partial charge is 0.466 e. The molecule has 0 aromatic heterocycles. The quantitative estimate of drug-likeness (QED) is 0.605. The molecule has 25 heavy (non-hydrogen) atoms. The van der Waals surface area contributed by atoms with Crippen LogP contribution >= 0.6 is 0 Å². The first-order valence-electron chi connectivity index (χ1n) is 8.04. The van der Waals surface area contributed by atoms with Gasteiger partial charge >= 0.3 is 12.0 Å². The number of amides is 3. The average Bonchev–Trinajstić information content (AvgIpc) is 2.96. The number of esters is 1. The van der Waals surface area contributed by atoms with E-state index in [4.69, 9.17) is 11.3 Å². The highest BCUT2D eigenvalue weighted by Gasteiger charge is 2.33. The van der Waals surface area contributed by atoms with Gasteiger partial charge in [-0.05, 0) is 25.5 Å². The first-order valence-corrected chi connectivity index (χ1v) is 8.04. The maximum atomic E-state index is 12.4. The number of hydrogen-bond donors (Lipinski definition) is 2. The fourth-order valence-electron chi connectivity index (χ4n) is 2.50. The molecule has 1 unspecified atom stereocenters. The molecular weight excluding hydrogens is 324 g/mol. The van der Waals surface area contributed by atoms with Gasteiger partial charge in [0.15, 0.2) is 5.69 Å². The molecule has 8 nitrogen and oxygen atoms in total. The highest BCUT2D eigenvalue weighted by molar-refractivity contribution is 6.01. The van der Waals surface area contributed by atoms with Gasteiger partial charge in [-0.3, -0.25) is 9.59 Å². The highest BCUT2D eigenvalue weighted by atomic mass is 16.5. The summed E-state index contributed by atoms with van der Waals surface area (Å²) in [5.41, 5.74) is 1.20. The van der Waals surface area contributed by atoms with Crippen molar-refractivity contribution in [2.75, 3.05) is 24.6 Å². The lowest BCUT2D eigenvalue weighted by Gasteiger charge is -2.17. The number of anilines is 1. The molecule has 132 valence electrons. The molecule has 1 aliphatic heterocycles. The Morgan fingerprint density at radius 3 is 2.72 bits per heavy atom. The Bertz CT molecular complexity index is 681. The van der Waals surface area contributed by atoms with E-state index in [0.29, 0.717) is 30.9 Å². The van der Waals surface area contributed by atoms with E-state index in [0.717, 1.165) is 0 Å². The third kappa shape index (κ3) is 4.94. The van der Waals surface area contributed by atoms with E-state index in [2.05, 4.69) is 15.5 Å². The number of ether oxygens (including phenoxy) is 1. The Morgan fingerprint density at radius 1 is 1.36 bits per heavy atom. The van der Waals surface area contributed by atoms with E-state index in [1.54, 1.807) is 36.1 Å². The standard InChI is InChI=1S/C17H20N4O4/c1-3-25-15(22)8-10-19-17(24)20-14-9-11-21(16(14)23)13-6-4-12(18-2)5-7-13/h4-7,14H,3,8-11H2,1H3,(H2,19,20,24). The second-order valence-corrected chi connectivity index (χ2v) is 5.41. The Kier molecular flexibility index (Phi) is 6.34. The summed E-state index contributed by atoms with van der Waals surface area (Å²) in [4.78, 5) is 40.3. The van der Waals surface area contributed by atoms with E-state index in [9.17, 15) is 14.4 Å². The third-order valence-electron chi connectivity index (χ3n) is 3.72. The predicted octanol–water partition coefficient (Wildman–Crippen LogP) is 1.60. The molecule has 1 aromatic rings. The zero-order chi connectivity index (χ0) is 18.2. The van der Waals surface area contributed by atoms with Crippen molar-refractivity contribution in [3.63, 3.8) is 0 Å². The lowest BCUT2D eigenvalue weighted by Crippen LogP contribution is -2.46. The van der Waals surface area contributed by atoms with Crippen LogP contribution in [0.5, 0.6) is 0 Å². The average molecular weight is 344 g/mol. The number of nitrogens with one attached hydrogen (secondary N) is 2. The topological polar surface area (TPSA) is 92.1 Å². The fourth-order valence-corrected chi connectivity index (χ4v) is 2.50. The van der Waals surface area contributed by atoms with Gasteiger partial charge in [0, 0.05) is 18.8 Å². The number of hydrogen-bond acceptors (Lipinski definition) is 4. The summed E-state index contributed by atoms with van der Waals surface area (Å²) >= 11 is 0. The van der Waals surface area contributed by atoms with Gasteiger partial charge in [-0.25, -0.2) is 9.64 Å². The predicted molar refractivity (Wildman–Crippen MR) is 91.2 cm³/mol. The summed E-state index contributed by atoms with van der Waals surface area (Å²) in [6, 6.07) is 5.63. The van der Waals surface area contributed by atoms with Gasteiger partial charge in [-0.1, -0.05) is 12.1 Å². The van der Waals surface area contributed by atoms with Crippen molar-refractivity contribution in [1.82, 2.24) is 10.6 Å². The zero-order valence-electron chi connectivity index (χ0n) is 13.9. The van der Waals surface area contributed by atoms with Crippen molar-refractivity contribution in [1.29, 1.82) is 0 Å². The van der Waals surface area contributed by atoms with Gasteiger partial charge in [0.2, 0.25) is 5.91 Å². The number of carbonyl (C=O) groups excluding carboxylic acids is 3. The van der Waals surface area contributed by atoms with Crippen LogP contribution < -0.4 is 15.5 Å². The molecule has 0 spiro atoms. The lowest BCUT2D eigenvalue weighted by atomic mass is 10.2.